The zero-order valence-corrected chi connectivity index (χ0v) is 17.6. The summed E-state index contributed by atoms with van der Waals surface area (Å²) in [6.45, 7) is 11.3. The lowest BCUT2D eigenvalue weighted by atomic mass is 9.47. The fraction of sp³-hybridized carbons (Fsp3) is 0.773. The molecule has 0 aromatic heterocycles. The number of alkyl halides is 1. The van der Waals surface area contributed by atoms with Crippen LogP contribution < -0.4 is 0 Å². The Bertz CT molecular complexity index is 589. The molecule has 1 nitrogen and oxygen atoms in total. The van der Waals surface area contributed by atoms with Gasteiger partial charge in [0.1, 0.15) is 0 Å². The van der Waals surface area contributed by atoms with Crippen LogP contribution in [0.5, 0.6) is 0 Å². The van der Waals surface area contributed by atoms with E-state index >= 15 is 0 Å². The fourth-order valence-corrected chi connectivity index (χ4v) is 7.43. The number of carbonyl (C=O) groups is 1. The minimum atomic E-state index is 0.253. The monoisotopic (exact) mass is 392 g/mol. The molecule has 6 atom stereocenters. The number of hydrogen-bond acceptors (Lipinski definition) is 1. The third-order valence-corrected chi connectivity index (χ3v) is 8.77. The first kappa shape index (κ1) is 18.4. The Kier molecular flexibility index (Phi) is 4.92. The number of hydrogen-bond donors (Lipinski definition) is 0. The van der Waals surface area contributed by atoms with Gasteiger partial charge in [-0.05, 0) is 79.3 Å². The molecule has 4 aliphatic rings. The molecular weight excluding hydrogens is 360 g/mol. The molecule has 2 saturated carbocycles. The van der Waals surface area contributed by atoms with E-state index in [2.05, 4.69) is 42.8 Å². The van der Waals surface area contributed by atoms with Crippen molar-refractivity contribution >= 4 is 21.7 Å². The topological polar surface area (TPSA) is 17.1 Å². The molecule has 4 rings (SSSR count). The molecule has 0 radical (unpaired) electrons. The van der Waals surface area contributed by atoms with Gasteiger partial charge in [-0.1, -0.05) is 55.3 Å². The Labute approximate surface area is 156 Å². The smallest absolute Gasteiger partial charge is 0.155 e. The highest BCUT2D eigenvalue weighted by molar-refractivity contribution is 9.09. The SMILES string of the molecule is CC.CC1=CCC2C3CC(Br)C4=CC(=O)CCC4(C)C3CCC12C. The molecule has 2 heteroatoms. The summed E-state index contributed by atoms with van der Waals surface area (Å²) in [5.41, 5.74) is 3.74. The molecule has 0 saturated heterocycles. The molecule has 0 aliphatic heterocycles. The number of halogens is 1. The van der Waals surface area contributed by atoms with Gasteiger partial charge >= 0.3 is 0 Å². The van der Waals surface area contributed by atoms with Crippen molar-refractivity contribution in [2.45, 2.75) is 78.0 Å². The molecule has 0 spiro atoms. The zero-order chi connectivity index (χ0) is 17.7. The second-order valence-corrected chi connectivity index (χ2v) is 9.75. The Morgan fingerprint density at radius 2 is 1.83 bits per heavy atom. The van der Waals surface area contributed by atoms with Crippen LogP contribution >= 0.6 is 15.9 Å². The van der Waals surface area contributed by atoms with Crippen molar-refractivity contribution in [1.29, 1.82) is 0 Å². The summed E-state index contributed by atoms with van der Waals surface area (Å²) in [7, 11) is 0. The van der Waals surface area contributed by atoms with Gasteiger partial charge in [-0.3, -0.25) is 4.79 Å². The van der Waals surface area contributed by atoms with Gasteiger partial charge in [0.25, 0.3) is 0 Å². The minimum Gasteiger partial charge on any atom is -0.295 e. The van der Waals surface area contributed by atoms with E-state index in [9.17, 15) is 4.79 Å². The quantitative estimate of drug-likeness (QED) is 0.340. The van der Waals surface area contributed by atoms with Crippen molar-refractivity contribution in [2.24, 2.45) is 28.6 Å². The lowest BCUT2D eigenvalue weighted by Crippen LogP contribution is -2.52. The van der Waals surface area contributed by atoms with Crippen LogP contribution in [0.15, 0.2) is 23.3 Å². The molecule has 134 valence electrons. The average molecular weight is 393 g/mol. The van der Waals surface area contributed by atoms with Crippen molar-refractivity contribution in [3.63, 3.8) is 0 Å². The van der Waals surface area contributed by atoms with Crippen LogP contribution in [0.2, 0.25) is 0 Å². The number of ketones is 1. The molecular formula is C22H33BrO. The summed E-state index contributed by atoms with van der Waals surface area (Å²) in [6, 6.07) is 0. The van der Waals surface area contributed by atoms with E-state index in [1.807, 2.05) is 19.9 Å². The summed E-state index contributed by atoms with van der Waals surface area (Å²) < 4.78 is 0. The first-order chi connectivity index (χ1) is 11.4. The van der Waals surface area contributed by atoms with Crippen molar-refractivity contribution in [1.82, 2.24) is 0 Å². The minimum absolute atomic E-state index is 0.253. The van der Waals surface area contributed by atoms with E-state index < -0.39 is 0 Å². The van der Waals surface area contributed by atoms with Crippen LogP contribution in [0.3, 0.4) is 0 Å². The predicted octanol–water partition coefficient (Wildman–Crippen LogP) is 6.47. The van der Waals surface area contributed by atoms with E-state index in [-0.39, 0.29) is 5.41 Å². The van der Waals surface area contributed by atoms with Gasteiger partial charge in [0.2, 0.25) is 0 Å². The van der Waals surface area contributed by atoms with Gasteiger partial charge in [-0.25, -0.2) is 0 Å². The maximum atomic E-state index is 11.9. The molecule has 0 aromatic carbocycles. The van der Waals surface area contributed by atoms with E-state index in [1.165, 1.54) is 31.3 Å². The molecule has 0 aromatic rings. The number of rotatable bonds is 0. The second kappa shape index (κ2) is 6.41. The van der Waals surface area contributed by atoms with Gasteiger partial charge in [-0.2, -0.15) is 0 Å². The molecule has 6 unspecified atom stereocenters. The summed E-state index contributed by atoms with van der Waals surface area (Å²) in [4.78, 5) is 12.3. The lowest BCUT2D eigenvalue weighted by Gasteiger charge is -2.59. The maximum Gasteiger partial charge on any atom is 0.155 e. The van der Waals surface area contributed by atoms with Crippen molar-refractivity contribution in [3.05, 3.63) is 23.3 Å². The fourth-order valence-electron chi connectivity index (χ4n) is 6.34. The third-order valence-electron chi connectivity index (χ3n) is 7.91. The van der Waals surface area contributed by atoms with Gasteiger partial charge in [0, 0.05) is 11.2 Å². The molecule has 4 aliphatic carbocycles. The van der Waals surface area contributed by atoms with Crippen LogP contribution in [0, 0.1) is 28.6 Å². The Hall–Kier alpha value is -0.370. The van der Waals surface area contributed by atoms with Crippen molar-refractivity contribution in [3.8, 4) is 0 Å². The summed E-state index contributed by atoms with van der Waals surface area (Å²) in [6.07, 6.45) is 11.5. The Balaban J connectivity index is 0.000000815. The van der Waals surface area contributed by atoms with Gasteiger partial charge in [0.05, 0.1) is 0 Å². The number of fused-ring (bicyclic) bond motifs is 5. The zero-order valence-electron chi connectivity index (χ0n) is 16.0. The second-order valence-electron chi connectivity index (χ2n) is 8.64. The van der Waals surface area contributed by atoms with Crippen LogP contribution in [-0.2, 0) is 4.79 Å². The Morgan fingerprint density at radius 3 is 2.54 bits per heavy atom. The highest BCUT2D eigenvalue weighted by atomic mass is 79.9. The third kappa shape index (κ3) is 2.50. The molecule has 0 heterocycles. The maximum absolute atomic E-state index is 11.9. The lowest BCUT2D eigenvalue weighted by molar-refractivity contribution is -0.117. The van der Waals surface area contributed by atoms with E-state index in [0.717, 1.165) is 30.6 Å². The molecule has 2 fully saturated rings. The van der Waals surface area contributed by atoms with Crippen LogP contribution in [0.1, 0.15) is 73.1 Å². The van der Waals surface area contributed by atoms with Crippen LogP contribution in [-0.4, -0.2) is 10.6 Å². The predicted molar refractivity (Wildman–Crippen MR) is 105 cm³/mol. The summed E-state index contributed by atoms with van der Waals surface area (Å²) in [5.74, 6) is 2.75. The first-order valence-electron chi connectivity index (χ1n) is 9.92. The van der Waals surface area contributed by atoms with E-state index in [1.54, 1.807) is 5.57 Å². The average Bonchev–Trinajstić information content (AvgIpc) is 2.87. The number of carbonyl (C=O) groups excluding carboxylic acids is 1. The standard InChI is InChI=1S/C20H27BrO.C2H6/c1-12-4-5-15-14-11-18(21)17-10-13(22)6-8-20(17,3)16(14)7-9-19(12,15)2;1-2/h4,10,14-16,18H,5-9,11H2,1-3H3;1-2H3. The first-order valence-corrected chi connectivity index (χ1v) is 10.8. The normalized spacial score (nSPS) is 46.7. The molecule has 0 amide bonds. The van der Waals surface area contributed by atoms with Gasteiger partial charge in [0.15, 0.2) is 5.78 Å². The molecule has 0 N–H and O–H groups in total. The van der Waals surface area contributed by atoms with Gasteiger partial charge in [-0.15, -0.1) is 0 Å². The van der Waals surface area contributed by atoms with Crippen molar-refractivity contribution in [2.75, 3.05) is 0 Å². The highest BCUT2D eigenvalue weighted by Gasteiger charge is 2.58. The molecule has 0 bridgehead atoms. The van der Waals surface area contributed by atoms with E-state index in [0.29, 0.717) is 16.0 Å². The molecule has 24 heavy (non-hydrogen) atoms. The highest BCUT2D eigenvalue weighted by Crippen LogP contribution is 2.65. The van der Waals surface area contributed by atoms with Gasteiger partial charge < -0.3 is 0 Å². The largest absolute Gasteiger partial charge is 0.295 e. The summed E-state index contributed by atoms with van der Waals surface area (Å²) in [5, 5.41) is 0. The Morgan fingerprint density at radius 1 is 1.12 bits per heavy atom. The summed E-state index contributed by atoms with van der Waals surface area (Å²) >= 11 is 3.95. The van der Waals surface area contributed by atoms with Crippen LogP contribution in [0.25, 0.3) is 0 Å². The van der Waals surface area contributed by atoms with Crippen molar-refractivity contribution < 1.29 is 4.79 Å². The van der Waals surface area contributed by atoms with E-state index in [4.69, 9.17) is 0 Å². The van der Waals surface area contributed by atoms with Crippen LogP contribution in [0.4, 0.5) is 0 Å². The number of allylic oxidation sites excluding steroid dienone is 4.